The predicted molar refractivity (Wildman–Crippen MR) is 82.8 cm³/mol. The monoisotopic (exact) mass is 304 g/mol. The maximum Gasteiger partial charge on any atom is 0.265 e. The van der Waals surface area contributed by atoms with Gasteiger partial charge in [0.15, 0.2) is 0 Å². The van der Waals surface area contributed by atoms with E-state index in [1.54, 1.807) is 16.2 Å². The first-order valence-corrected chi connectivity index (χ1v) is 7.39. The highest BCUT2D eigenvalue weighted by atomic mass is 32.1. The van der Waals surface area contributed by atoms with Gasteiger partial charge in [-0.2, -0.15) is 4.98 Å². The quantitative estimate of drug-likeness (QED) is 0.792. The van der Waals surface area contributed by atoms with Crippen molar-refractivity contribution in [3.63, 3.8) is 0 Å². The zero-order valence-corrected chi connectivity index (χ0v) is 13.2. The molecule has 21 heavy (non-hydrogen) atoms. The Morgan fingerprint density at radius 3 is 2.76 bits per heavy atom. The van der Waals surface area contributed by atoms with Crippen molar-refractivity contribution in [2.75, 3.05) is 24.3 Å². The highest BCUT2D eigenvalue weighted by Gasteiger charge is 2.12. The summed E-state index contributed by atoms with van der Waals surface area (Å²) in [6, 6.07) is 0. The van der Waals surface area contributed by atoms with Gasteiger partial charge in [-0.15, -0.1) is 11.3 Å². The third-order valence-electron chi connectivity index (χ3n) is 2.99. The summed E-state index contributed by atoms with van der Waals surface area (Å²) in [5.74, 6) is 2.63. The van der Waals surface area contributed by atoms with E-state index in [4.69, 9.17) is 4.52 Å². The molecule has 0 aliphatic carbocycles. The van der Waals surface area contributed by atoms with Crippen LogP contribution in [0.25, 0.3) is 10.2 Å². The van der Waals surface area contributed by atoms with Gasteiger partial charge in [0.1, 0.15) is 16.5 Å². The minimum Gasteiger partial charge on any atom is -0.360 e. The molecule has 0 aromatic carbocycles. The van der Waals surface area contributed by atoms with Crippen LogP contribution >= 0.6 is 11.3 Å². The topological polar surface area (TPSA) is 80.0 Å². The molecule has 0 spiro atoms. The minimum absolute atomic E-state index is 0.432. The van der Waals surface area contributed by atoms with Crippen LogP contribution in [0.2, 0.25) is 0 Å². The number of rotatable bonds is 4. The smallest absolute Gasteiger partial charge is 0.265 e. The van der Waals surface area contributed by atoms with Crippen LogP contribution in [0, 0.1) is 13.8 Å². The molecule has 1 N–H and O–H groups in total. The molecule has 0 aliphatic rings. The predicted octanol–water partition coefficient (Wildman–Crippen LogP) is 2.37. The Hall–Kier alpha value is -2.22. The van der Waals surface area contributed by atoms with Gasteiger partial charge in [-0.25, -0.2) is 9.97 Å². The van der Waals surface area contributed by atoms with Crippen molar-refractivity contribution in [3.05, 3.63) is 22.7 Å². The van der Waals surface area contributed by atoms with Crippen molar-refractivity contribution in [2.24, 2.45) is 0 Å². The number of thiophene rings is 1. The second-order valence-electron chi connectivity index (χ2n) is 4.95. The van der Waals surface area contributed by atoms with Crippen LogP contribution in [0.15, 0.2) is 9.90 Å². The molecule has 0 saturated heterocycles. The Bertz CT molecular complexity index is 778. The van der Waals surface area contributed by atoms with Gasteiger partial charge in [0.2, 0.25) is 5.89 Å². The van der Waals surface area contributed by atoms with E-state index in [-0.39, 0.29) is 0 Å². The molecule has 8 heteroatoms. The van der Waals surface area contributed by atoms with Crippen LogP contribution in [0.1, 0.15) is 17.3 Å². The van der Waals surface area contributed by atoms with Gasteiger partial charge < -0.3 is 14.7 Å². The summed E-state index contributed by atoms with van der Waals surface area (Å²) in [5.41, 5.74) is 1.16. The fraction of sp³-hybridized carbons (Fsp3) is 0.385. The number of hydrogen-bond donors (Lipinski definition) is 1. The van der Waals surface area contributed by atoms with E-state index >= 15 is 0 Å². The molecule has 7 nitrogen and oxygen atoms in total. The molecular formula is C13H16N6OS. The van der Waals surface area contributed by atoms with Gasteiger partial charge in [0, 0.05) is 14.1 Å². The lowest BCUT2D eigenvalue weighted by molar-refractivity contribution is 0.383. The van der Waals surface area contributed by atoms with E-state index in [1.165, 1.54) is 0 Å². The number of aryl methyl sites for hydroxylation is 2. The molecule has 3 aromatic heterocycles. The average molecular weight is 304 g/mol. The highest BCUT2D eigenvalue weighted by Crippen LogP contribution is 2.29. The van der Waals surface area contributed by atoms with Crippen LogP contribution in [0.3, 0.4) is 0 Å². The second kappa shape index (κ2) is 5.28. The van der Waals surface area contributed by atoms with E-state index in [2.05, 4.69) is 37.7 Å². The molecule has 3 heterocycles. The Balaban J connectivity index is 1.85. The Morgan fingerprint density at radius 2 is 2.05 bits per heavy atom. The van der Waals surface area contributed by atoms with E-state index in [0.29, 0.717) is 18.4 Å². The van der Waals surface area contributed by atoms with Gasteiger partial charge in [-0.05, 0) is 29.9 Å². The first kappa shape index (κ1) is 13.7. The molecule has 0 saturated carbocycles. The number of nitrogens with zero attached hydrogens (tertiary/aromatic N) is 5. The first-order chi connectivity index (χ1) is 10.0. The lowest BCUT2D eigenvalue weighted by Crippen LogP contribution is -2.10. The maximum atomic E-state index is 5.20. The minimum atomic E-state index is 0.432. The zero-order valence-electron chi connectivity index (χ0n) is 12.3. The SMILES string of the molecule is Cc1nc(NCc2nc(N(C)C)no2)c2c(C)csc2n1. The van der Waals surface area contributed by atoms with Crippen LogP contribution < -0.4 is 10.2 Å². The average Bonchev–Trinajstić information content (AvgIpc) is 3.03. The van der Waals surface area contributed by atoms with Gasteiger partial charge >= 0.3 is 0 Å². The maximum absolute atomic E-state index is 5.20. The number of fused-ring (bicyclic) bond motifs is 1. The molecule has 3 rings (SSSR count). The van der Waals surface area contributed by atoms with Gasteiger partial charge in [0.05, 0.1) is 11.9 Å². The van der Waals surface area contributed by atoms with E-state index in [1.807, 2.05) is 21.0 Å². The third-order valence-corrected chi connectivity index (χ3v) is 3.98. The molecule has 0 atom stereocenters. The third kappa shape index (κ3) is 2.66. The molecule has 0 unspecified atom stereocenters. The van der Waals surface area contributed by atoms with Crippen molar-refractivity contribution in [2.45, 2.75) is 20.4 Å². The van der Waals surface area contributed by atoms with E-state index < -0.39 is 0 Å². The Morgan fingerprint density at radius 1 is 1.24 bits per heavy atom. The standard InChI is InChI=1S/C13H16N6OS/c1-7-6-21-12-10(7)11(15-8(2)16-12)14-5-9-17-13(18-20-9)19(3)4/h6H,5H2,1-4H3,(H,14,15,16). The second-order valence-corrected chi connectivity index (χ2v) is 5.81. The van der Waals surface area contributed by atoms with Crippen LogP contribution in [0.5, 0.6) is 0 Å². The number of nitrogens with one attached hydrogen (secondary N) is 1. The van der Waals surface area contributed by atoms with Crippen molar-refractivity contribution < 1.29 is 4.52 Å². The summed E-state index contributed by atoms with van der Waals surface area (Å²) >= 11 is 1.62. The lowest BCUT2D eigenvalue weighted by Gasteiger charge is -2.06. The molecular weight excluding hydrogens is 288 g/mol. The molecule has 3 aromatic rings. The van der Waals surface area contributed by atoms with Crippen LogP contribution in [-0.4, -0.2) is 34.2 Å². The zero-order chi connectivity index (χ0) is 15.0. The fourth-order valence-corrected chi connectivity index (χ4v) is 2.94. The van der Waals surface area contributed by atoms with Crippen molar-refractivity contribution in [3.8, 4) is 0 Å². The Labute approximate surface area is 126 Å². The molecule has 0 fully saturated rings. The summed E-state index contributed by atoms with van der Waals surface area (Å²) in [7, 11) is 3.74. The number of aromatic nitrogens is 4. The number of hydrogen-bond acceptors (Lipinski definition) is 8. The van der Waals surface area contributed by atoms with Crippen molar-refractivity contribution >= 4 is 33.3 Å². The van der Waals surface area contributed by atoms with Crippen molar-refractivity contribution in [1.82, 2.24) is 20.1 Å². The molecule has 0 amide bonds. The molecule has 0 radical (unpaired) electrons. The van der Waals surface area contributed by atoms with E-state index in [0.717, 1.165) is 27.4 Å². The van der Waals surface area contributed by atoms with Crippen LogP contribution in [0.4, 0.5) is 11.8 Å². The summed E-state index contributed by atoms with van der Waals surface area (Å²) in [6.07, 6.45) is 0. The van der Waals surface area contributed by atoms with Crippen molar-refractivity contribution in [1.29, 1.82) is 0 Å². The summed E-state index contributed by atoms with van der Waals surface area (Å²) < 4.78 is 5.20. The largest absolute Gasteiger partial charge is 0.360 e. The summed E-state index contributed by atoms with van der Waals surface area (Å²) in [6.45, 7) is 4.37. The highest BCUT2D eigenvalue weighted by molar-refractivity contribution is 7.17. The molecule has 110 valence electrons. The summed E-state index contributed by atoms with van der Waals surface area (Å²) in [5, 5.41) is 10.3. The van der Waals surface area contributed by atoms with Gasteiger partial charge in [-0.1, -0.05) is 0 Å². The molecule has 0 aliphatic heterocycles. The lowest BCUT2D eigenvalue weighted by atomic mass is 10.2. The first-order valence-electron chi connectivity index (χ1n) is 6.51. The van der Waals surface area contributed by atoms with Gasteiger partial charge in [0.25, 0.3) is 5.95 Å². The van der Waals surface area contributed by atoms with E-state index in [9.17, 15) is 0 Å². The summed E-state index contributed by atoms with van der Waals surface area (Å²) in [4.78, 5) is 16.0. The molecule has 0 bridgehead atoms. The number of anilines is 2. The normalized spacial score (nSPS) is 11.0. The van der Waals surface area contributed by atoms with Crippen LogP contribution in [-0.2, 0) is 6.54 Å². The van der Waals surface area contributed by atoms with Gasteiger partial charge in [-0.3, -0.25) is 0 Å². The Kier molecular flexibility index (Phi) is 3.46. The fourth-order valence-electron chi connectivity index (χ4n) is 1.98.